The van der Waals surface area contributed by atoms with Crippen molar-refractivity contribution < 1.29 is 26.4 Å². The number of amidine groups is 1. The number of benzene rings is 1. The van der Waals surface area contributed by atoms with Crippen LogP contribution in [0.1, 0.15) is 12.0 Å². The second-order valence-electron chi connectivity index (χ2n) is 5.96. The first-order chi connectivity index (χ1) is 12.5. The number of anilines is 1. The Balaban J connectivity index is 2.10. The number of alkyl halides is 3. The lowest BCUT2D eigenvalue weighted by Gasteiger charge is -2.26. The molecule has 12 heteroatoms. The van der Waals surface area contributed by atoms with Crippen LogP contribution in [-0.4, -0.2) is 42.3 Å². The molecule has 0 N–H and O–H groups in total. The van der Waals surface area contributed by atoms with Crippen molar-refractivity contribution in [2.24, 2.45) is 4.99 Å². The van der Waals surface area contributed by atoms with E-state index in [0.717, 1.165) is 30.0 Å². The van der Waals surface area contributed by atoms with E-state index in [9.17, 15) is 26.4 Å². The van der Waals surface area contributed by atoms with Crippen LogP contribution >= 0.6 is 23.4 Å². The van der Waals surface area contributed by atoms with Crippen molar-refractivity contribution in [1.82, 2.24) is 0 Å². The van der Waals surface area contributed by atoms with Crippen molar-refractivity contribution in [2.45, 2.75) is 23.9 Å². The van der Waals surface area contributed by atoms with Crippen LogP contribution in [0.25, 0.3) is 0 Å². The summed E-state index contributed by atoms with van der Waals surface area (Å²) >= 11 is 7.08. The van der Waals surface area contributed by atoms with Gasteiger partial charge in [-0.1, -0.05) is 23.4 Å². The van der Waals surface area contributed by atoms with Crippen LogP contribution in [0, 0.1) is 11.3 Å². The summed E-state index contributed by atoms with van der Waals surface area (Å²) in [6, 6.07) is 3.63. The number of sulfone groups is 1. The van der Waals surface area contributed by atoms with Crippen LogP contribution in [0.3, 0.4) is 0 Å². The monoisotopic (exact) mass is 437 g/mol. The van der Waals surface area contributed by atoms with Crippen LogP contribution in [-0.2, 0) is 20.8 Å². The van der Waals surface area contributed by atoms with Crippen molar-refractivity contribution >= 4 is 50.0 Å². The number of thioether (sulfide) groups is 1. The summed E-state index contributed by atoms with van der Waals surface area (Å²) in [5.41, 5.74) is -1.04. The minimum absolute atomic E-state index is 0.0334. The molecule has 0 unspecified atom stereocenters. The molecular formula is C15H11ClF3N3O3S2. The fraction of sp³-hybridized carbons (Fsp3) is 0.400. The van der Waals surface area contributed by atoms with Crippen LogP contribution in [0.15, 0.2) is 23.2 Å². The second-order valence-corrected chi connectivity index (χ2v) is 9.72. The molecule has 2 heterocycles. The van der Waals surface area contributed by atoms with Crippen LogP contribution in [0.4, 0.5) is 18.9 Å². The Kier molecular flexibility index (Phi) is 5.18. The Hall–Kier alpha value is -1.77. The zero-order valence-corrected chi connectivity index (χ0v) is 15.8. The summed E-state index contributed by atoms with van der Waals surface area (Å²) in [6.45, 7) is 0. The van der Waals surface area contributed by atoms with Crippen molar-refractivity contribution in [3.63, 3.8) is 0 Å². The van der Waals surface area contributed by atoms with Gasteiger partial charge in [-0.05, 0) is 18.2 Å². The maximum Gasteiger partial charge on any atom is 0.416 e. The molecule has 2 aliphatic heterocycles. The number of fused-ring (bicyclic) bond motifs is 1. The molecule has 2 aliphatic rings. The van der Waals surface area contributed by atoms with Gasteiger partial charge in [0.2, 0.25) is 0 Å². The number of carbonyl (C=O) groups excluding carboxylic acids is 1. The highest BCUT2D eigenvalue weighted by Gasteiger charge is 2.50. The van der Waals surface area contributed by atoms with Gasteiger partial charge >= 0.3 is 6.18 Å². The van der Waals surface area contributed by atoms with Gasteiger partial charge in [0, 0.05) is 5.25 Å². The molecule has 1 aromatic carbocycles. The highest BCUT2D eigenvalue weighted by atomic mass is 35.5. The van der Waals surface area contributed by atoms with Crippen molar-refractivity contribution in [2.75, 3.05) is 16.4 Å². The lowest BCUT2D eigenvalue weighted by atomic mass is 10.1. The first-order valence-electron chi connectivity index (χ1n) is 7.53. The van der Waals surface area contributed by atoms with E-state index in [1.54, 1.807) is 6.07 Å². The number of aliphatic imine (C=N–C) groups is 1. The van der Waals surface area contributed by atoms with E-state index >= 15 is 0 Å². The maximum absolute atomic E-state index is 13.1. The Morgan fingerprint density at radius 3 is 2.74 bits per heavy atom. The van der Waals surface area contributed by atoms with E-state index in [2.05, 4.69) is 4.99 Å². The standard InChI is InChI=1S/C15H11ClF3N3O3S2/c16-9-2-1-8(15(17,18)19)5-10(9)22-11-6-27(24,25)7-12(11)26-14(22)21-13(23)3-4-20/h1-2,5,11-12H,3,6-7H2/t11-,12-/m0/s1. The summed E-state index contributed by atoms with van der Waals surface area (Å²) in [5.74, 6) is -1.24. The molecule has 6 nitrogen and oxygen atoms in total. The fourth-order valence-electron chi connectivity index (χ4n) is 2.93. The van der Waals surface area contributed by atoms with Gasteiger partial charge in [-0.3, -0.25) is 4.79 Å². The van der Waals surface area contributed by atoms with E-state index < -0.39 is 45.2 Å². The van der Waals surface area contributed by atoms with E-state index in [0.29, 0.717) is 0 Å². The molecule has 27 heavy (non-hydrogen) atoms. The highest BCUT2D eigenvalue weighted by molar-refractivity contribution is 8.16. The van der Waals surface area contributed by atoms with E-state index in [1.807, 2.05) is 0 Å². The zero-order valence-electron chi connectivity index (χ0n) is 13.4. The zero-order chi connectivity index (χ0) is 20.0. The summed E-state index contributed by atoms with van der Waals surface area (Å²) in [7, 11) is -3.38. The molecular weight excluding hydrogens is 427 g/mol. The second kappa shape index (κ2) is 7.00. The molecule has 1 aromatic rings. The summed E-state index contributed by atoms with van der Waals surface area (Å²) < 4.78 is 63.2. The van der Waals surface area contributed by atoms with Crippen molar-refractivity contribution in [3.8, 4) is 6.07 Å². The lowest BCUT2D eigenvalue weighted by molar-refractivity contribution is -0.137. The lowest BCUT2D eigenvalue weighted by Crippen LogP contribution is -2.38. The number of nitrogens with zero attached hydrogens (tertiary/aromatic N) is 3. The van der Waals surface area contributed by atoms with E-state index in [-0.39, 0.29) is 27.4 Å². The average molecular weight is 438 g/mol. The number of hydrogen-bond acceptors (Lipinski definition) is 5. The molecule has 144 valence electrons. The molecule has 3 rings (SSSR count). The highest BCUT2D eigenvalue weighted by Crippen LogP contribution is 2.44. The van der Waals surface area contributed by atoms with Gasteiger partial charge < -0.3 is 4.90 Å². The van der Waals surface area contributed by atoms with E-state index in [4.69, 9.17) is 16.9 Å². The number of rotatable bonds is 2. The largest absolute Gasteiger partial charge is 0.416 e. The Morgan fingerprint density at radius 1 is 1.41 bits per heavy atom. The average Bonchev–Trinajstić information content (AvgIpc) is 2.98. The smallest absolute Gasteiger partial charge is 0.314 e. The van der Waals surface area contributed by atoms with Gasteiger partial charge in [-0.15, -0.1) is 0 Å². The van der Waals surface area contributed by atoms with Crippen molar-refractivity contribution in [1.29, 1.82) is 5.26 Å². The molecule has 0 bridgehead atoms. The molecule has 2 fully saturated rings. The Morgan fingerprint density at radius 2 is 2.11 bits per heavy atom. The van der Waals surface area contributed by atoms with Gasteiger partial charge in [-0.2, -0.15) is 23.4 Å². The normalized spacial score (nSPS) is 25.4. The van der Waals surface area contributed by atoms with E-state index in [1.165, 1.54) is 4.90 Å². The predicted molar refractivity (Wildman–Crippen MR) is 95.4 cm³/mol. The quantitative estimate of drug-likeness (QED) is 0.706. The number of amides is 1. The SMILES string of the molecule is N#CCC(=O)N=C1S[C@H]2CS(=O)(=O)C[C@@H]2N1c1cc(C(F)(F)F)ccc1Cl. The molecule has 1 amide bonds. The van der Waals surface area contributed by atoms with Gasteiger partial charge in [0.15, 0.2) is 15.0 Å². The summed E-state index contributed by atoms with van der Waals surface area (Å²) in [6.07, 6.45) is -5.12. The first-order valence-corrected chi connectivity index (χ1v) is 10.6. The molecule has 0 aliphatic carbocycles. The molecule has 0 aromatic heterocycles. The number of hydrogen-bond donors (Lipinski definition) is 0. The number of halogens is 4. The van der Waals surface area contributed by atoms with Gasteiger partial charge in [0.1, 0.15) is 6.42 Å². The minimum Gasteiger partial charge on any atom is -0.314 e. The van der Waals surface area contributed by atoms with Crippen LogP contribution < -0.4 is 4.90 Å². The van der Waals surface area contributed by atoms with Gasteiger partial charge in [-0.25, -0.2) is 8.42 Å². The van der Waals surface area contributed by atoms with Gasteiger partial charge in [0.05, 0.1) is 39.9 Å². The van der Waals surface area contributed by atoms with Crippen LogP contribution in [0.2, 0.25) is 5.02 Å². The molecule has 2 saturated heterocycles. The Labute approximate surface area is 161 Å². The summed E-state index contributed by atoms with van der Waals surface area (Å²) in [5, 5.41) is 8.13. The first kappa shape index (κ1) is 20.0. The third-order valence-electron chi connectivity index (χ3n) is 4.05. The summed E-state index contributed by atoms with van der Waals surface area (Å²) in [4.78, 5) is 16.8. The number of carbonyl (C=O) groups is 1. The topological polar surface area (TPSA) is 90.6 Å². The number of nitriles is 1. The fourth-order valence-corrected chi connectivity index (χ4v) is 7.07. The molecule has 0 radical (unpaired) electrons. The predicted octanol–water partition coefficient (Wildman–Crippen LogP) is 2.87. The third kappa shape index (κ3) is 4.07. The molecule has 2 atom stereocenters. The Bertz CT molecular complexity index is 973. The third-order valence-corrected chi connectivity index (χ3v) is 7.58. The van der Waals surface area contributed by atoms with Crippen LogP contribution in [0.5, 0.6) is 0 Å². The van der Waals surface area contributed by atoms with Crippen molar-refractivity contribution in [3.05, 3.63) is 28.8 Å². The minimum atomic E-state index is -4.62. The molecule has 0 saturated carbocycles. The molecule has 0 spiro atoms. The van der Waals surface area contributed by atoms with Gasteiger partial charge in [0.25, 0.3) is 5.91 Å². The maximum atomic E-state index is 13.1.